The summed E-state index contributed by atoms with van der Waals surface area (Å²) in [5, 5.41) is 18.1. The third-order valence-electron chi connectivity index (χ3n) is 4.21. The lowest BCUT2D eigenvalue weighted by Crippen LogP contribution is -2.46. The van der Waals surface area contributed by atoms with Crippen LogP contribution >= 0.6 is 0 Å². The first-order valence-corrected chi connectivity index (χ1v) is 7.46. The molecule has 0 atom stereocenters. The van der Waals surface area contributed by atoms with Crippen LogP contribution in [-0.2, 0) is 6.54 Å². The zero-order valence-electron chi connectivity index (χ0n) is 11.8. The second-order valence-electron chi connectivity index (χ2n) is 5.98. The Morgan fingerprint density at radius 3 is 2.35 bits per heavy atom. The van der Waals surface area contributed by atoms with Gasteiger partial charge < -0.3 is 14.9 Å². The van der Waals surface area contributed by atoms with E-state index in [-0.39, 0.29) is 0 Å². The normalized spacial score (nSPS) is 21.1. The Morgan fingerprint density at radius 1 is 1.10 bits per heavy atom. The van der Waals surface area contributed by atoms with Gasteiger partial charge in [0.05, 0.1) is 5.69 Å². The number of nitrogens with zero attached hydrogens (tertiary/aromatic N) is 3. The van der Waals surface area contributed by atoms with Crippen molar-refractivity contribution in [1.82, 2.24) is 14.8 Å². The molecule has 1 aromatic heterocycles. The molecule has 0 radical (unpaired) electrons. The largest absolute Gasteiger partial charge is 0.490 e. The number of hydrogen-bond donors (Lipinski definition) is 2. The number of hydrogen-bond acceptors (Lipinski definition) is 5. The first-order valence-electron chi connectivity index (χ1n) is 7.46. The summed E-state index contributed by atoms with van der Waals surface area (Å²) in [7, 11) is -1.43. The van der Waals surface area contributed by atoms with E-state index in [0.717, 1.165) is 44.3 Å². The second kappa shape index (κ2) is 6.22. The topological polar surface area (TPSA) is 59.8 Å². The van der Waals surface area contributed by atoms with Crippen LogP contribution < -0.4 is 5.46 Å². The summed E-state index contributed by atoms with van der Waals surface area (Å²) in [6.45, 7) is 6.64. The molecule has 1 saturated carbocycles. The number of pyridine rings is 1. The molecule has 3 rings (SSSR count). The van der Waals surface area contributed by atoms with E-state index in [1.807, 2.05) is 6.07 Å². The van der Waals surface area contributed by atoms with Crippen LogP contribution in [-0.4, -0.2) is 64.7 Å². The number of aromatic nitrogens is 1. The maximum Gasteiger partial charge on any atom is 0.490 e. The molecule has 1 aromatic rings. The first kappa shape index (κ1) is 14.0. The first-order chi connectivity index (χ1) is 9.70. The predicted octanol–water partition coefficient (Wildman–Crippen LogP) is -0.711. The van der Waals surface area contributed by atoms with E-state index in [4.69, 9.17) is 10.0 Å². The molecule has 1 aliphatic heterocycles. The van der Waals surface area contributed by atoms with Crippen LogP contribution in [0.4, 0.5) is 0 Å². The fourth-order valence-electron chi connectivity index (χ4n) is 2.71. The molecule has 2 fully saturated rings. The Kier molecular flexibility index (Phi) is 4.36. The van der Waals surface area contributed by atoms with Crippen molar-refractivity contribution in [1.29, 1.82) is 0 Å². The van der Waals surface area contributed by atoms with E-state index in [1.165, 1.54) is 19.4 Å². The molecule has 0 amide bonds. The van der Waals surface area contributed by atoms with Crippen molar-refractivity contribution in [2.24, 2.45) is 5.92 Å². The van der Waals surface area contributed by atoms with Crippen LogP contribution in [0.1, 0.15) is 18.5 Å². The summed E-state index contributed by atoms with van der Waals surface area (Å²) in [5.74, 6) is 0.973. The van der Waals surface area contributed by atoms with Crippen molar-refractivity contribution in [3.05, 3.63) is 24.0 Å². The zero-order valence-corrected chi connectivity index (χ0v) is 11.8. The smallest absolute Gasteiger partial charge is 0.423 e. The second-order valence-corrected chi connectivity index (χ2v) is 5.98. The summed E-state index contributed by atoms with van der Waals surface area (Å²) >= 11 is 0. The number of rotatable bonds is 5. The molecule has 5 nitrogen and oxygen atoms in total. The van der Waals surface area contributed by atoms with Crippen molar-refractivity contribution in [2.45, 2.75) is 19.4 Å². The molecular weight excluding hydrogens is 253 g/mol. The lowest BCUT2D eigenvalue weighted by atomic mass is 9.82. The van der Waals surface area contributed by atoms with E-state index in [9.17, 15) is 0 Å². The molecular formula is C14H22BN3O2. The third kappa shape index (κ3) is 3.79. The summed E-state index contributed by atoms with van der Waals surface area (Å²) in [6, 6.07) is 3.61. The standard InChI is InChI=1S/C14H22BN3O2/c19-15(20)13-3-4-14(16-9-13)11-18-7-5-17(6-8-18)10-12-1-2-12/h3-4,9,12,19-20H,1-2,5-8,10-11H2. The van der Waals surface area contributed by atoms with Crippen molar-refractivity contribution in [3.63, 3.8) is 0 Å². The van der Waals surface area contributed by atoms with Gasteiger partial charge in [-0.05, 0) is 24.8 Å². The quantitative estimate of drug-likeness (QED) is 0.695. The van der Waals surface area contributed by atoms with Gasteiger partial charge in [-0.1, -0.05) is 6.07 Å². The van der Waals surface area contributed by atoms with Crippen molar-refractivity contribution >= 4 is 12.6 Å². The molecule has 2 aliphatic rings. The van der Waals surface area contributed by atoms with Gasteiger partial charge in [0.1, 0.15) is 0 Å². The fraction of sp³-hybridized carbons (Fsp3) is 0.643. The molecule has 2 N–H and O–H groups in total. The third-order valence-corrected chi connectivity index (χ3v) is 4.21. The van der Waals surface area contributed by atoms with Gasteiger partial charge in [0, 0.05) is 50.9 Å². The van der Waals surface area contributed by atoms with Gasteiger partial charge in [0.2, 0.25) is 0 Å². The van der Waals surface area contributed by atoms with Crippen LogP contribution in [0.5, 0.6) is 0 Å². The Hall–Kier alpha value is -0.945. The summed E-state index contributed by atoms with van der Waals surface area (Å²) in [6.07, 6.45) is 4.39. The van der Waals surface area contributed by atoms with Crippen LogP contribution in [0, 0.1) is 5.92 Å². The minimum absolute atomic E-state index is 0.447. The lowest BCUT2D eigenvalue weighted by Gasteiger charge is -2.34. The highest BCUT2D eigenvalue weighted by Crippen LogP contribution is 2.29. The Balaban J connectivity index is 1.46. The lowest BCUT2D eigenvalue weighted by molar-refractivity contribution is 0.122. The van der Waals surface area contributed by atoms with Gasteiger partial charge >= 0.3 is 7.12 Å². The monoisotopic (exact) mass is 275 g/mol. The highest BCUT2D eigenvalue weighted by molar-refractivity contribution is 6.58. The van der Waals surface area contributed by atoms with Gasteiger partial charge in [-0.2, -0.15) is 0 Å². The van der Waals surface area contributed by atoms with Crippen LogP contribution in [0.15, 0.2) is 18.3 Å². The summed E-state index contributed by atoms with van der Waals surface area (Å²) in [4.78, 5) is 9.29. The highest BCUT2D eigenvalue weighted by Gasteiger charge is 2.26. The fourth-order valence-corrected chi connectivity index (χ4v) is 2.71. The van der Waals surface area contributed by atoms with Gasteiger partial charge in [0.25, 0.3) is 0 Å². The van der Waals surface area contributed by atoms with Crippen LogP contribution in [0.2, 0.25) is 0 Å². The predicted molar refractivity (Wildman–Crippen MR) is 78.5 cm³/mol. The van der Waals surface area contributed by atoms with E-state index >= 15 is 0 Å². The van der Waals surface area contributed by atoms with Crippen molar-refractivity contribution in [3.8, 4) is 0 Å². The van der Waals surface area contributed by atoms with Gasteiger partial charge in [0.15, 0.2) is 0 Å². The van der Waals surface area contributed by atoms with E-state index in [1.54, 1.807) is 12.3 Å². The van der Waals surface area contributed by atoms with Crippen molar-refractivity contribution < 1.29 is 10.0 Å². The molecule has 108 valence electrons. The van der Waals surface area contributed by atoms with E-state index in [2.05, 4.69) is 14.8 Å². The molecule has 0 aromatic carbocycles. The highest BCUT2D eigenvalue weighted by atomic mass is 16.4. The van der Waals surface area contributed by atoms with Crippen LogP contribution in [0.25, 0.3) is 0 Å². The minimum atomic E-state index is -1.43. The molecule has 1 saturated heterocycles. The van der Waals surface area contributed by atoms with Crippen molar-refractivity contribution in [2.75, 3.05) is 32.7 Å². The van der Waals surface area contributed by atoms with Gasteiger partial charge in [-0.3, -0.25) is 9.88 Å². The maximum absolute atomic E-state index is 9.04. The average molecular weight is 275 g/mol. The molecule has 1 aliphatic carbocycles. The molecule has 6 heteroatoms. The SMILES string of the molecule is OB(O)c1ccc(CN2CCN(CC3CC3)CC2)nc1. The Labute approximate surface area is 120 Å². The molecule has 0 bridgehead atoms. The summed E-state index contributed by atoms with van der Waals surface area (Å²) < 4.78 is 0. The van der Waals surface area contributed by atoms with Gasteiger partial charge in [-0.25, -0.2) is 0 Å². The van der Waals surface area contributed by atoms with Gasteiger partial charge in [-0.15, -0.1) is 0 Å². The van der Waals surface area contributed by atoms with E-state index < -0.39 is 7.12 Å². The zero-order chi connectivity index (χ0) is 13.9. The Morgan fingerprint density at radius 2 is 1.80 bits per heavy atom. The average Bonchev–Trinajstić information content (AvgIpc) is 3.26. The molecule has 20 heavy (non-hydrogen) atoms. The minimum Gasteiger partial charge on any atom is -0.423 e. The maximum atomic E-state index is 9.04. The molecule has 2 heterocycles. The van der Waals surface area contributed by atoms with Crippen LogP contribution in [0.3, 0.4) is 0 Å². The summed E-state index contributed by atoms with van der Waals surface area (Å²) in [5.41, 5.74) is 1.44. The molecule has 0 spiro atoms. The van der Waals surface area contributed by atoms with E-state index in [0.29, 0.717) is 5.46 Å². The molecule has 0 unspecified atom stereocenters. The number of piperazine rings is 1. The Bertz CT molecular complexity index is 429.